The van der Waals surface area contributed by atoms with Gasteiger partial charge in [-0.05, 0) is 47.9 Å². The highest BCUT2D eigenvalue weighted by Crippen LogP contribution is 2.47. The molecule has 0 radical (unpaired) electrons. The van der Waals surface area contributed by atoms with Gasteiger partial charge < -0.3 is 9.52 Å². The Bertz CT molecular complexity index is 604. The summed E-state index contributed by atoms with van der Waals surface area (Å²) >= 11 is 0. The van der Waals surface area contributed by atoms with Gasteiger partial charge in [0.2, 0.25) is 0 Å². The van der Waals surface area contributed by atoms with E-state index in [1.807, 2.05) is 0 Å². The molecule has 2 atom stereocenters. The topological polar surface area (TPSA) is 33.4 Å². The average Bonchev–Trinajstić information content (AvgIpc) is 2.83. The normalized spacial score (nSPS) is 26.3. The highest BCUT2D eigenvalue weighted by Gasteiger charge is 2.43. The van der Waals surface area contributed by atoms with Gasteiger partial charge in [-0.2, -0.15) is 0 Å². The van der Waals surface area contributed by atoms with Gasteiger partial charge >= 0.3 is 0 Å². The molecule has 0 bridgehead atoms. The number of aryl methyl sites for hydroxylation is 1. The van der Waals surface area contributed by atoms with Crippen LogP contribution in [-0.2, 0) is 0 Å². The van der Waals surface area contributed by atoms with Crippen LogP contribution in [0.1, 0.15) is 58.8 Å². The smallest absolute Gasteiger partial charge is 0.132 e. The maximum absolute atomic E-state index is 10.0. The molecule has 0 unspecified atom stereocenters. The number of furan rings is 1. The van der Waals surface area contributed by atoms with Crippen LogP contribution in [0, 0.1) is 18.3 Å². The zero-order valence-electron chi connectivity index (χ0n) is 16.2. The molecule has 3 heteroatoms. The molecule has 1 heterocycles. The van der Waals surface area contributed by atoms with Crippen LogP contribution in [0.5, 0.6) is 0 Å². The summed E-state index contributed by atoms with van der Waals surface area (Å²) in [6, 6.07) is 2.20. The van der Waals surface area contributed by atoms with Crippen molar-refractivity contribution >= 4 is 19.0 Å². The van der Waals surface area contributed by atoms with Gasteiger partial charge in [0.05, 0.1) is 12.0 Å². The average molecular weight is 335 g/mol. The first-order valence-corrected chi connectivity index (χ1v) is 11.9. The summed E-state index contributed by atoms with van der Waals surface area (Å²) in [4.78, 5) is 0. The van der Waals surface area contributed by atoms with Gasteiger partial charge in [0.1, 0.15) is 13.8 Å². The van der Waals surface area contributed by atoms with E-state index in [0.717, 1.165) is 18.6 Å². The first kappa shape index (κ1) is 18.5. The Morgan fingerprint density at radius 3 is 2.48 bits per heavy atom. The Morgan fingerprint density at radius 2 is 1.96 bits per heavy atom. The van der Waals surface area contributed by atoms with Gasteiger partial charge in [-0.1, -0.05) is 53.8 Å². The molecule has 130 valence electrons. The van der Waals surface area contributed by atoms with Crippen LogP contribution in [0.4, 0.5) is 0 Å². The number of hydrogen-bond acceptors (Lipinski definition) is 2. The Kier molecular flexibility index (Phi) is 4.78. The third-order valence-corrected chi connectivity index (χ3v) is 12.0. The number of aliphatic hydroxyl groups excluding tert-OH is 1. The fourth-order valence-electron chi connectivity index (χ4n) is 3.49. The summed E-state index contributed by atoms with van der Waals surface area (Å²) in [5.41, 5.74) is 2.27. The van der Waals surface area contributed by atoms with Crippen molar-refractivity contribution in [2.45, 2.75) is 72.5 Å². The summed E-state index contributed by atoms with van der Waals surface area (Å²) in [6.07, 6.45) is 4.49. The lowest BCUT2D eigenvalue weighted by atomic mass is 9.67. The third kappa shape index (κ3) is 2.98. The summed E-state index contributed by atoms with van der Waals surface area (Å²) in [5.74, 6) is 1.44. The van der Waals surface area contributed by atoms with E-state index in [1.165, 1.54) is 16.5 Å². The predicted octanol–water partition coefficient (Wildman–Crippen LogP) is 5.12. The number of allylic oxidation sites excluding steroid dienone is 1. The molecule has 0 saturated heterocycles. The van der Waals surface area contributed by atoms with Crippen LogP contribution < -0.4 is 5.38 Å². The minimum Gasteiger partial charge on any atom is -0.466 e. The maximum atomic E-state index is 10.0. The van der Waals surface area contributed by atoms with Crippen molar-refractivity contribution in [3.63, 3.8) is 0 Å². The monoisotopic (exact) mass is 334 g/mol. The van der Waals surface area contributed by atoms with Gasteiger partial charge in [0.15, 0.2) is 0 Å². The van der Waals surface area contributed by atoms with Crippen LogP contribution >= 0.6 is 0 Å². The van der Waals surface area contributed by atoms with Gasteiger partial charge in [0.25, 0.3) is 0 Å². The molecule has 1 aliphatic rings. The van der Waals surface area contributed by atoms with E-state index in [1.54, 1.807) is 0 Å². The number of rotatable bonds is 3. The van der Waals surface area contributed by atoms with Crippen molar-refractivity contribution in [2.24, 2.45) is 11.3 Å². The molecule has 1 aliphatic carbocycles. The second kappa shape index (κ2) is 5.93. The summed E-state index contributed by atoms with van der Waals surface area (Å²) in [7, 11) is -1.70. The zero-order chi connectivity index (χ0) is 17.6. The SMILES string of the molecule is Cc1cc(C2=CCC[C@H](C)[C@@]2(C)CO)oc1[Si](C)(C)C(C)(C)C. The molecule has 0 fully saturated rings. The van der Waals surface area contributed by atoms with E-state index in [9.17, 15) is 5.11 Å². The molecular formula is C20H34O2Si. The Hall–Kier alpha value is -0.803. The molecule has 1 aromatic heterocycles. The van der Waals surface area contributed by atoms with Gasteiger partial charge in [-0.3, -0.25) is 0 Å². The molecule has 2 nitrogen and oxygen atoms in total. The van der Waals surface area contributed by atoms with Gasteiger partial charge in [-0.25, -0.2) is 0 Å². The molecule has 23 heavy (non-hydrogen) atoms. The van der Waals surface area contributed by atoms with Crippen LogP contribution in [0.3, 0.4) is 0 Å². The van der Waals surface area contributed by atoms with Crippen molar-refractivity contribution in [1.29, 1.82) is 0 Å². The van der Waals surface area contributed by atoms with Crippen LogP contribution in [0.15, 0.2) is 16.6 Å². The van der Waals surface area contributed by atoms with Crippen LogP contribution in [-0.4, -0.2) is 19.8 Å². The lowest BCUT2D eigenvalue weighted by Gasteiger charge is -2.39. The first-order chi connectivity index (χ1) is 10.4. The van der Waals surface area contributed by atoms with Crippen LogP contribution in [0.25, 0.3) is 5.57 Å². The van der Waals surface area contributed by atoms with Crippen LogP contribution in [0.2, 0.25) is 18.1 Å². The second-order valence-electron chi connectivity index (χ2n) is 9.17. The molecule has 0 amide bonds. The van der Waals surface area contributed by atoms with E-state index in [2.05, 4.69) is 66.8 Å². The quantitative estimate of drug-likeness (QED) is 0.779. The van der Waals surface area contributed by atoms with Gasteiger partial charge in [0, 0.05) is 5.41 Å². The van der Waals surface area contributed by atoms with E-state index in [4.69, 9.17) is 4.42 Å². The lowest BCUT2D eigenvalue weighted by Crippen LogP contribution is -2.49. The molecule has 2 rings (SSSR count). The molecule has 1 aromatic rings. The number of aliphatic hydroxyl groups is 1. The summed E-state index contributed by atoms with van der Waals surface area (Å²) in [6.45, 7) is 18.5. The number of hydrogen-bond donors (Lipinski definition) is 1. The zero-order valence-corrected chi connectivity index (χ0v) is 17.2. The molecule has 0 saturated carbocycles. The standard InChI is InChI=1S/C20H34O2Si/c1-14-12-17(22-18(14)23(7,8)19(3,4)5)16-11-9-10-15(2)20(16,6)13-21/h11-12,15,21H,9-10,13H2,1-8H3/t15-,20+/m0/s1. The van der Waals surface area contributed by atoms with E-state index < -0.39 is 8.07 Å². The van der Waals surface area contributed by atoms with Crippen molar-refractivity contribution in [1.82, 2.24) is 0 Å². The lowest BCUT2D eigenvalue weighted by molar-refractivity contribution is 0.129. The summed E-state index contributed by atoms with van der Waals surface area (Å²) < 4.78 is 6.47. The second-order valence-corrected chi connectivity index (χ2v) is 14.4. The summed E-state index contributed by atoms with van der Waals surface area (Å²) in [5, 5.41) is 11.5. The Balaban J connectivity index is 2.52. The molecule has 0 spiro atoms. The van der Waals surface area contributed by atoms with Gasteiger partial charge in [-0.15, -0.1) is 0 Å². The minimum atomic E-state index is -1.70. The van der Waals surface area contributed by atoms with Crippen molar-refractivity contribution in [2.75, 3.05) is 6.61 Å². The molecule has 0 aromatic carbocycles. The van der Waals surface area contributed by atoms with Crippen molar-refractivity contribution in [3.8, 4) is 0 Å². The fraction of sp³-hybridized carbons (Fsp3) is 0.700. The highest BCUT2D eigenvalue weighted by molar-refractivity contribution is 6.91. The first-order valence-electron chi connectivity index (χ1n) is 8.88. The van der Waals surface area contributed by atoms with E-state index in [-0.39, 0.29) is 17.1 Å². The van der Waals surface area contributed by atoms with E-state index >= 15 is 0 Å². The maximum Gasteiger partial charge on any atom is 0.132 e. The van der Waals surface area contributed by atoms with E-state index in [0.29, 0.717) is 5.92 Å². The fourth-order valence-corrected chi connectivity index (χ4v) is 5.60. The highest BCUT2D eigenvalue weighted by atomic mass is 28.3. The Labute approximate surface area is 143 Å². The minimum absolute atomic E-state index is 0.176. The molecule has 0 aliphatic heterocycles. The third-order valence-electron chi connectivity index (χ3n) is 6.61. The van der Waals surface area contributed by atoms with Crippen molar-refractivity contribution < 1.29 is 9.52 Å². The largest absolute Gasteiger partial charge is 0.466 e. The Morgan fingerprint density at radius 1 is 1.35 bits per heavy atom. The predicted molar refractivity (Wildman–Crippen MR) is 102 cm³/mol. The molecule has 1 N–H and O–H groups in total. The molecular weight excluding hydrogens is 300 g/mol. The van der Waals surface area contributed by atoms with Crippen molar-refractivity contribution in [3.05, 3.63) is 23.5 Å².